The lowest BCUT2D eigenvalue weighted by Crippen LogP contribution is -2.33. The van der Waals surface area contributed by atoms with Gasteiger partial charge in [-0.1, -0.05) is 0 Å². The number of carbonyl (C=O) groups is 1. The van der Waals surface area contributed by atoms with Gasteiger partial charge in [-0.3, -0.25) is 4.79 Å². The molecule has 3 N–H and O–H groups in total. The van der Waals surface area contributed by atoms with Gasteiger partial charge in [0.2, 0.25) is 0 Å². The number of anilines is 1. The van der Waals surface area contributed by atoms with E-state index in [1.807, 2.05) is 13.8 Å². The summed E-state index contributed by atoms with van der Waals surface area (Å²) >= 11 is 0. The molecule has 0 bridgehead atoms. The zero-order chi connectivity index (χ0) is 14.8. The molecule has 8 heteroatoms. The summed E-state index contributed by atoms with van der Waals surface area (Å²) in [5, 5.41) is 9.20. The summed E-state index contributed by atoms with van der Waals surface area (Å²) in [6, 6.07) is 3.76. The Hall–Kier alpha value is -1.08. The van der Waals surface area contributed by atoms with Crippen LogP contribution in [-0.2, 0) is 4.74 Å². The molecule has 0 aliphatic carbocycles. The highest BCUT2D eigenvalue weighted by Crippen LogP contribution is 2.12. The van der Waals surface area contributed by atoms with Crippen LogP contribution in [0.2, 0.25) is 0 Å². The third kappa shape index (κ3) is 9.04. The van der Waals surface area contributed by atoms with Crippen molar-refractivity contribution in [2.24, 2.45) is 0 Å². The van der Waals surface area contributed by atoms with Crippen LogP contribution in [0.3, 0.4) is 0 Å². The molecule has 0 saturated carbocycles. The molecule has 22 heavy (non-hydrogen) atoms. The highest BCUT2D eigenvalue weighted by atomic mass is 35.5. The number of ether oxygens (including phenoxy) is 1. The Bertz CT molecular complexity index is 420. The van der Waals surface area contributed by atoms with Crippen LogP contribution >= 0.6 is 24.8 Å². The summed E-state index contributed by atoms with van der Waals surface area (Å²) in [6.45, 7) is 6.74. The Morgan fingerprint density at radius 3 is 2.64 bits per heavy atom. The second-order valence-electron chi connectivity index (χ2n) is 4.70. The smallest absolute Gasteiger partial charge is 0.255 e. The standard InChI is InChI=1S/C14H24N4O2.2ClH/c1-11(2)18-13-12(5-4-6-16-13)14(19)17-8-7-15-9-10-20-3;;/h4-6,11,15H,7-10H2,1-3H3,(H,16,18)(H,17,19);2*1H. The number of pyridine rings is 1. The van der Waals surface area contributed by atoms with Gasteiger partial charge in [0.25, 0.3) is 5.91 Å². The minimum absolute atomic E-state index is 0. The molecular weight excluding hydrogens is 327 g/mol. The van der Waals surface area contributed by atoms with Crippen molar-refractivity contribution in [1.29, 1.82) is 0 Å². The Morgan fingerprint density at radius 2 is 2.00 bits per heavy atom. The summed E-state index contributed by atoms with van der Waals surface area (Å²) in [5.74, 6) is 0.502. The topological polar surface area (TPSA) is 75.3 Å². The number of halogens is 2. The van der Waals surface area contributed by atoms with Crippen molar-refractivity contribution in [1.82, 2.24) is 15.6 Å². The second-order valence-corrected chi connectivity index (χ2v) is 4.70. The Kier molecular flexibility index (Phi) is 14.3. The summed E-state index contributed by atoms with van der Waals surface area (Å²) < 4.78 is 4.93. The molecule has 0 saturated heterocycles. The van der Waals surface area contributed by atoms with Gasteiger partial charge >= 0.3 is 0 Å². The fourth-order valence-electron chi connectivity index (χ4n) is 1.64. The van der Waals surface area contributed by atoms with E-state index in [2.05, 4.69) is 20.9 Å². The summed E-state index contributed by atoms with van der Waals surface area (Å²) in [5.41, 5.74) is 0.568. The molecule has 1 rings (SSSR count). The maximum absolute atomic E-state index is 12.1. The minimum Gasteiger partial charge on any atom is -0.383 e. The Balaban J connectivity index is 0. The molecule has 0 atom stereocenters. The number of aromatic nitrogens is 1. The Morgan fingerprint density at radius 1 is 1.27 bits per heavy atom. The Labute approximate surface area is 144 Å². The van der Waals surface area contributed by atoms with Crippen LogP contribution in [0.5, 0.6) is 0 Å². The first-order valence-corrected chi connectivity index (χ1v) is 6.84. The largest absolute Gasteiger partial charge is 0.383 e. The molecule has 6 nitrogen and oxygen atoms in total. The number of rotatable bonds is 9. The number of hydrogen-bond acceptors (Lipinski definition) is 5. The third-order valence-electron chi connectivity index (χ3n) is 2.55. The average molecular weight is 353 g/mol. The van der Waals surface area contributed by atoms with Crippen molar-refractivity contribution in [3.8, 4) is 0 Å². The number of hydrogen-bond donors (Lipinski definition) is 3. The predicted octanol–water partition coefficient (Wildman–Crippen LogP) is 1.71. The highest BCUT2D eigenvalue weighted by Gasteiger charge is 2.11. The van der Waals surface area contributed by atoms with Crippen molar-refractivity contribution in [2.75, 3.05) is 38.7 Å². The molecule has 0 fully saturated rings. The van der Waals surface area contributed by atoms with Crippen molar-refractivity contribution < 1.29 is 9.53 Å². The van der Waals surface area contributed by atoms with Gasteiger partial charge in [0.05, 0.1) is 12.2 Å². The normalized spacial score (nSPS) is 9.64. The molecule has 1 aromatic rings. The molecule has 0 unspecified atom stereocenters. The lowest BCUT2D eigenvalue weighted by Gasteiger charge is -2.13. The molecule has 0 spiro atoms. The minimum atomic E-state index is -0.116. The first-order chi connectivity index (χ1) is 9.65. The average Bonchev–Trinajstić information content (AvgIpc) is 2.42. The predicted molar refractivity (Wildman–Crippen MR) is 94.6 cm³/mol. The van der Waals surface area contributed by atoms with E-state index in [-0.39, 0.29) is 36.8 Å². The van der Waals surface area contributed by atoms with Crippen LogP contribution in [-0.4, -0.2) is 50.3 Å². The monoisotopic (exact) mass is 352 g/mol. The van der Waals surface area contributed by atoms with E-state index >= 15 is 0 Å². The number of methoxy groups -OCH3 is 1. The van der Waals surface area contributed by atoms with Crippen LogP contribution in [0.1, 0.15) is 24.2 Å². The number of amides is 1. The summed E-state index contributed by atoms with van der Waals surface area (Å²) in [6.07, 6.45) is 1.67. The van der Waals surface area contributed by atoms with E-state index in [1.54, 1.807) is 25.4 Å². The van der Waals surface area contributed by atoms with Crippen molar-refractivity contribution in [2.45, 2.75) is 19.9 Å². The molecule has 0 radical (unpaired) electrons. The SMILES string of the molecule is COCCNCCNC(=O)c1cccnc1NC(C)C.Cl.Cl. The van der Waals surface area contributed by atoms with Crippen molar-refractivity contribution in [3.05, 3.63) is 23.9 Å². The lowest BCUT2D eigenvalue weighted by molar-refractivity contribution is 0.0954. The molecule has 1 amide bonds. The van der Waals surface area contributed by atoms with E-state index in [1.165, 1.54) is 0 Å². The van der Waals surface area contributed by atoms with Crippen LogP contribution in [0, 0.1) is 0 Å². The van der Waals surface area contributed by atoms with Gasteiger partial charge in [0, 0.05) is 39.0 Å². The zero-order valence-electron chi connectivity index (χ0n) is 13.2. The van der Waals surface area contributed by atoms with Crippen molar-refractivity contribution in [3.63, 3.8) is 0 Å². The molecule has 0 aliphatic heterocycles. The number of nitrogens with zero attached hydrogens (tertiary/aromatic N) is 1. The number of nitrogens with one attached hydrogen (secondary N) is 3. The van der Waals surface area contributed by atoms with Gasteiger partial charge in [0.1, 0.15) is 5.82 Å². The number of carbonyl (C=O) groups excluding carboxylic acids is 1. The molecule has 1 aromatic heterocycles. The van der Waals surface area contributed by atoms with Gasteiger partial charge in [-0.05, 0) is 26.0 Å². The van der Waals surface area contributed by atoms with Gasteiger partial charge in [-0.15, -0.1) is 24.8 Å². The van der Waals surface area contributed by atoms with Crippen LogP contribution in [0.15, 0.2) is 18.3 Å². The van der Waals surface area contributed by atoms with E-state index in [0.29, 0.717) is 31.1 Å². The van der Waals surface area contributed by atoms with Gasteiger partial charge in [-0.2, -0.15) is 0 Å². The lowest BCUT2D eigenvalue weighted by atomic mass is 10.2. The van der Waals surface area contributed by atoms with E-state index in [9.17, 15) is 4.79 Å². The third-order valence-corrected chi connectivity index (χ3v) is 2.55. The fraction of sp³-hybridized carbons (Fsp3) is 0.571. The summed E-state index contributed by atoms with van der Waals surface area (Å²) in [4.78, 5) is 16.3. The fourth-order valence-corrected chi connectivity index (χ4v) is 1.64. The summed E-state index contributed by atoms with van der Waals surface area (Å²) in [7, 11) is 1.66. The molecule has 1 heterocycles. The highest BCUT2D eigenvalue weighted by molar-refractivity contribution is 5.98. The molecule has 128 valence electrons. The van der Waals surface area contributed by atoms with Gasteiger partial charge < -0.3 is 20.7 Å². The molecule has 0 aliphatic rings. The van der Waals surface area contributed by atoms with Gasteiger partial charge in [-0.25, -0.2) is 4.98 Å². The maximum Gasteiger partial charge on any atom is 0.255 e. The second kappa shape index (κ2) is 13.6. The van der Waals surface area contributed by atoms with E-state index < -0.39 is 0 Å². The van der Waals surface area contributed by atoms with Crippen LogP contribution in [0.25, 0.3) is 0 Å². The van der Waals surface area contributed by atoms with E-state index in [4.69, 9.17) is 4.74 Å². The quantitative estimate of drug-likeness (QED) is 0.590. The zero-order valence-corrected chi connectivity index (χ0v) is 14.9. The molecular formula is C14H26Cl2N4O2. The first-order valence-electron chi connectivity index (χ1n) is 6.84. The van der Waals surface area contributed by atoms with Crippen LogP contribution < -0.4 is 16.0 Å². The first kappa shape index (κ1) is 23.2. The maximum atomic E-state index is 12.1. The van der Waals surface area contributed by atoms with Crippen LogP contribution in [0.4, 0.5) is 5.82 Å². The molecule has 0 aromatic carbocycles. The van der Waals surface area contributed by atoms with E-state index in [0.717, 1.165) is 6.54 Å². The van der Waals surface area contributed by atoms with Gasteiger partial charge in [0.15, 0.2) is 0 Å². The van der Waals surface area contributed by atoms with Crippen molar-refractivity contribution >= 4 is 36.5 Å².